The summed E-state index contributed by atoms with van der Waals surface area (Å²) in [4.78, 5) is 4.70. The van der Waals surface area contributed by atoms with Crippen LogP contribution in [0.15, 0.2) is 364 Å². The maximum absolute atomic E-state index is 10.0. The molecular weight excluding hydrogens is 1180 g/mol. The van der Waals surface area contributed by atoms with Gasteiger partial charge in [0.1, 0.15) is 11.5 Å². The van der Waals surface area contributed by atoms with Gasteiger partial charge in [-0.2, -0.15) is 0 Å². The minimum Gasteiger partial charge on any atom is -0.457 e. The molecule has 448 valence electrons. The molecule has 4 heterocycles. The molecule has 3 aliphatic rings. The summed E-state index contributed by atoms with van der Waals surface area (Å²) in [5.74, 6) is 1.47. The van der Waals surface area contributed by atoms with Gasteiger partial charge in [0.05, 0.1) is 27.7 Å². The van der Waals surface area contributed by atoms with E-state index in [1.54, 1.807) is 4.57 Å². The van der Waals surface area contributed by atoms with Crippen molar-refractivity contribution in [3.05, 3.63) is 364 Å². The first-order valence-electron chi connectivity index (χ1n) is 36.5. The lowest BCUT2D eigenvalue weighted by Crippen LogP contribution is -2.77. The smallest absolute Gasteiger partial charge is 0.252 e. The lowest BCUT2D eigenvalue weighted by atomic mass is 9.33. The Balaban J connectivity index is 1.03. The van der Waals surface area contributed by atoms with Crippen LogP contribution in [0.4, 0.5) is 34.1 Å². The van der Waals surface area contributed by atoms with E-state index >= 15 is 0 Å². The standard InChI is InChI=1S/C90H60BN3OSi/c1-8-28-61(29-9-1)66-48-49-82-78(56-66)91-79-59-89-87(95-86-46-26-27-47-88(86)96(89,74-38-18-6-19-39-74)75-40-20-7-21-41-75)60-83(79)94(72-54-69(64-34-14-4-15-35-64)51-70(55-72)65-36-16-5-17-37-65)85-58-73(92-80-44-24-22-42-76(80)77-43-23-25-45-81(77)92)57-84(90(85)91)93(82)71-52-67(62-30-10-2-11-31-62)50-68(53-71)63-32-12-3-13-33-63/h1-60H/i22D,23D,24D,25D,42D,43D,44D,45D. The minimum atomic E-state index is -3.39. The summed E-state index contributed by atoms with van der Waals surface area (Å²) >= 11 is 0. The number of fused-ring (bicyclic) bond motifs is 9. The molecule has 0 saturated heterocycles. The van der Waals surface area contributed by atoms with E-state index in [0.29, 0.717) is 17.1 Å². The first-order chi connectivity index (χ1) is 50.9. The molecule has 96 heavy (non-hydrogen) atoms. The molecule has 0 bridgehead atoms. The molecule has 0 fully saturated rings. The maximum Gasteiger partial charge on any atom is 0.252 e. The number of para-hydroxylation sites is 3. The third-order valence-corrected chi connectivity index (χ3v) is 24.5. The Hall–Kier alpha value is -12.2. The van der Waals surface area contributed by atoms with Crippen LogP contribution >= 0.6 is 0 Å². The molecule has 0 unspecified atom stereocenters. The van der Waals surface area contributed by atoms with Gasteiger partial charge in [0.25, 0.3) is 6.71 Å². The molecule has 0 N–H and O–H groups in total. The van der Waals surface area contributed by atoms with Crippen molar-refractivity contribution < 1.29 is 15.7 Å². The molecule has 15 aromatic carbocycles. The highest BCUT2D eigenvalue weighted by Gasteiger charge is 2.51. The molecule has 0 amide bonds. The molecule has 16 aromatic rings. The first kappa shape index (κ1) is 47.6. The summed E-state index contributed by atoms with van der Waals surface area (Å²) in [7, 11) is -3.39. The number of benzene rings is 15. The fourth-order valence-electron chi connectivity index (χ4n) is 15.5. The second kappa shape index (κ2) is 22.5. The zero-order valence-corrected chi connectivity index (χ0v) is 52.8. The lowest BCUT2D eigenvalue weighted by Gasteiger charge is -2.46. The van der Waals surface area contributed by atoms with Crippen molar-refractivity contribution in [3.63, 3.8) is 0 Å². The van der Waals surface area contributed by atoms with Crippen LogP contribution in [0.25, 0.3) is 83.1 Å². The molecule has 19 rings (SSSR count). The highest BCUT2D eigenvalue weighted by molar-refractivity contribution is 7.21. The summed E-state index contributed by atoms with van der Waals surface area (Å²) in [6, 6.07) is 108. The van der Waals surface area contributed by atoms with Crippen molar-refractivity contribution in [2.45, 2.75) is 0 Å². The molecule has 0 atom stereocenters. The number of nitrogens with zero attached hydrogens (tertiary/aromatic N) is 3. The Morgan fingerprint density at radius 1 is 0.292 bits per heavy atom. The lowest BCUT2D eigenvalue weighted by molar-refractivity contribution is 0.487. The van der Waals surface area contributed by atoms with E-state index in [9.17, 15) is 11.0 Å². The van der Waals surface area contributed by atoms with Crippen molar-refractivity contribution in [3.8, 4) is 72.8 Å². The van der Waals surface area contributed by atoms with Gasteiger partial charge in [-0.25, -0.2) is 0 Å². The average molecular weight is 1250 g/mol. The van der Waals surface area contributed by atoms with Gasteiger partial charge in [-0.15, -0.1) is 0 Å². The van der Waals surface area contributed by atoms with Gasteiger partial charge in [0, 0.05) is 51.0 Å². The maximum atomic E-state index is 10.0. The Morgan fingerprint density at radius 2 is 0.698 bits per heavy atom. The fourth-order valence-corrected chi connectivity index (χ4v) is 20.5. The second-order valence-electron chi connectivity index (χ2n) is 24.9. The van der Waals surface area contributed by atoms with E-state index in [1.807, 2.05) is 36.4 Å². The summed E-state index contributed by atoms with van der Waals surface area (Å²) in [6.07, 6.45) is 0. The van der Waals surface area contributed by atoms with Crippen LogP contribution in [0.1, 0.15) is 11.0 Å². The van der Waals surface area contributed by atoms with Crippen LogP contribution in [0.5, 0.6) is 11.5 Å². The predicted octanol–water partition coefficient (Wildman–Crippen LogP) is 18.7. The molecule has 0 aliphatic carbocycles. The number of aromatic nitrogens is 1. The summed E-state index contributed by atoms with van der Waals surface area (Å²) < 4.78 is 85.8. The Bertz CT molecular complexity index is 5960. The fraction of sp³-hybridized carbons (Fsp3) is 0. The summed E-state index contributed by atoms with van der Waals surface area (Å²) in [6.45, 7) is -0.555. The summed E-state index contributed by atoms with van der Waals surface area (Å²) in [5, 5.41) is 4.57. The van der Waals surface area contributed by atoms with E-state index in [1.165, 1.54) is 10.4 Å². The molecule has 0 saturated carbocycles. The van der Waals surface area contributed by atoms with Gasteiger partial charge in [-0.3, -0.25) is 0 Å². The van der Waals surface area contributed by atoms with Gasteiger partial charge in [0.2, 0.25) is 0 Å². The number of rotatable bonds is 10. The van der Waals surface area contributed by atoms with Gasteiger partial charge < -0.3 is 19.1 Å². The van der Waals surface area contributed by atoms with Crippen molar-refractivity contribution in [2.75, 3.05) is 9.80 Å². The number of ether oxygens (including phenoxy) is 1. The van der Waals surface area contributed by atoms with Gasteiger partial charge in [-0.1, -0.05) is 285 Å². The predicted molar refractivity (Wildman–Crippen MR) is 406 cm³/mol. The van der Waals surface area contributed by atoms with Gasteiger partial charge in [0.15, 0.2) is 8.07 Å². The Morgan fingerprint density at radius 3 is 1.18 bits per heavy atom. The molecular formula is C90H60BN3OSi. The molecule has 1 aromatic heterocycles. The number of hydrogen-bond donors (Lipinski definition) is 0. The Labute approximate surface area is 571 Å². The zero-order chi connectivity index (χ0) is 70.2. The monoisotopic (exact) mass is 1250 g/mol. The van der Waals surface area contributed by atoms with Crippen molar-refractivity contribution in [2.24, 2.45) is 0 Å². The minimum absolute atomic E-state index is 0.0128. The van der Waals surface area contributed by atoms with E-state index < -0.39 is 63.1 Å². The molecule has 6 heteroatoms. The SMILES string of the molecule is [2H]c1c([2H])c([2H])c2c(c1[2H])c1c([2H])c([2H])c([2H])c([2H])c1n2-c1cc2c3c(c1)N(c1cc(-c4ccccc4)cc(-c4ccccc4)c1)c1cc4c(cc1B3c1cc(-c3ccccc3)ccc1N2c1cc(-c2ccccc2)cc(-c2ccccc2)c1)[Si](c1ccccc1)(c1ccccc1)c1ccccc1O4. The third kappa shape index (κ3) is 8.83. The normalized spacial score (nSPS) is 14.3. The van der Waals surface area contributed by atoms with Crippen LogP contribution in [0.3, 0.4) is 0 Å². The van der Waals surface area contributed by atoms with Crippen molar-refractivity contribution >= 4 is 108 Å². The number of hydrogen-bond acceptors (Lipinski definition) is 3. The van der Waals surface area contributed by atoms with Gasteiger partial charge in [-0.05, 0) is 166 Å². The highest BCUT2D eigenvalue weighted by Crippen LogP contribution is 2.50. The van der Waals surface area contributed by atoms with Crippen LogP contribution in [0.2, 0.25) is 0 Å². The summed E-state index contributed by atoms with van der Waals surface area (Å²) in [5.41, 5.74) is 18.1. The topological polar surface area (TPSA) is 20.6 Å². The highest BCUT2D eigenvalue weighted by atomic mass is 28.3. The van der Waals surface area contributed by atoms with E-state index in [4.69, 9.17) is 4.74 Å². The Kier molecular flexibility index (Phi) is 11.2. The quantitative estimate of drug-likeness (QED) is 0.127. The number of anilines is 6. The zero-order valence-electron chi connectivity index (χ0n) is 59.8. The van der Waals surface area contributed by atoms with Gasteiger partial charge >= 0.3 is 0 Å². The second-order valence-corrected chi connectivity index (χ2v) is 28.6. The van der Waals surface area contributed by atoms with Crippen LogP contribution in [-0.2, 0) is 0 Å². The average Bonchev–Trinajstić information content (AvgIpc) is 0.720. The van der Waals surface area contributed by atoms with Crippen LogP contribution in [0, 0.1) is 0 Å². The van der Waals surface area contributed by atoms with E-state index in [0.717, 1.165) is 117 Å². The molecule has 4 nitrogen and oxygen atoms in total. The largest absolute Gasteiger partial charge is 0.457 e. The van der Waals surface area contributed by atoms with Crippen molar-refractivity contribution in [1.29, 1.82) is 0 Å². The first-order valence-corrected chi connectivity index (χ1v) is 34.5. The van der Waals surface area contributed by atoms with E-state index in [-0.39, 0.29) is 21.8 Å². The van der Waals surface area contributed by atoms with Crippen LogP contribution < -0.4 is 51.7 Å². The van der Waals surface area contributed by atoms with E-state index in [2.05, 4.69) is 289 Å². The van der Waals surface area contributed by atoms with Crippen molar-refractivity contribution in [1.82, 2.24) is 4.57 Å². The molecule has 3 aliphatic heterocycles. The van der Waals surface area contributed by atoms with Crippen LogP contribution in [-0.4, -0.2) is 19.4 Å². The molecule has 0 spiro atoms. The molecule has 0 radical (unpaired) electrons. The third-order valence-electron chi connectivity index (χ3n) is 19.7.